The summed E-state index contributed by atoms with van der Waals surface area (Å²) < 4.78 is 64.7. The summed E-state index contributed by atoms with van der Waals surface area (Å²) in [6, 6.07) is 3.55. The van der Waals surface area contributed by atoms with Crippen molar-refractivity contribution in [2.45, 2.75) is 13.3 Å². The zero-order valence-corrected chi connectivity index (χ0v) is 15.6. The Balaban J connectivity index is 0.00000361. The monoisotopic (exact) mass is 334 g/mol. The molecule has 108 valence electrons. The molecule has 0 unspecified atom stereocenters. The molecule has 0 aliphatic heterocycles. The topological polar surface area (TPSA) is 43.4 Å². The van der Waals surface area contributed by atoms with E-state index in [1.54, 1.807) is 0 Å². The minimum absolute atomic E-state index is 0. The molecule has 0 saturated carbocycles. The van der Waals surface area contributed by atoms with E-state index in [2.05, 4.69) is 0 Å². The number of ether oxygens (including phenoxy) is 1. The Hall–Kier alpha value is 0.461. The number of benzene rings is 1. The van der Waals surface area contributed by atoms with Gasteiger partial charge in [-0.2, -0.15) is 0 Å². The average molecular weight is 334 g/mol. The number of rotatable bonds is 6. The summed E-state index contributed by atoms with van der Waals surface area (Å²) in [5, 5.41) is 0. The Morgan fingerprint density at radius 3 is 2.30 bits per heavy atom. The summed E-state index contributed by atoms with van der Waals surface area (Å²) in [5.41, 5.74) is -0.531. The molecule has 0 saturated heterocycles. The van der Waals surface area contributed by atoms with Crippen molar-refractivity contribution in [3.05, 3.63) is 23.8 Å². The van der Waals surface area contributed by atoms with Crippen molar-refractivity contribution in [3.63, 3.8) is 0 Å². The molecule has 0 fully saturated rings. The van der Waals surface area contributed by atoms with Gasteiger partial charge in [-0.15, -0.1) is 5.46 Å². The molecule has 0 spiro atoms. The molecule has 0 amide bonds. The molecule has 3 nitrogen and oxygen atoms in total. The van der Waals surface area contributed by atoms with Gasteiger partial charge >= 0.3 is 58.4 Å². The standard InChI is InChI=1S/C11H15BF3O3S.K/c1-9-8-10(4-5-11(9)12(13,14)15)18-6-3-7-19(2,16)17;/h4-5,8H,3,6-7H2,1-2H3;/q-1;+1. The molecular formula is C11H15BF3KO3S. The van der Waals surface area contributed by atoms with Crippen LogP contribution in [-0.4, -0.2) is 34.0 Å². The zero-order valence-electron chi connectivity index (χ0n) is 11.7. The number of aryl methyl sites for hydroxylation is 1. The zero-order chi connectivity index (χ0) is 14.7. The molecule has 0 radical (unpaired) electrons. The maximum Gasteiger partial charge on any atom is 1.00 e. The predicted octanol–water partition coefficient (Wildman–Crippen LogP) is -1.13. The van der Waals surface area contributed by atoms with E-state index < -0.39 is 22.3 Å². The summed E-state index contributed by atoms with van der Waals surface area (Å²) in [6.45, 7) is -3.49. The molecular weight excluding hydrogens is 319 g/mol. The first-order valence-electron chi connectivity index (χ1n) is 5.70. The minimum atomic E-state index is -5.02. The van der Waals surface area contributed by atoms with Crippen LogP contribution in [0.15, 0.2) is 18.2 Å². The van der Waals surface area contributed by atoms with Crippen molar-refractivity contribution in [2.75, 3.05) is 18.6 Å². The second-order valence-corrected chi connectivity index (χ2v) is 6.68. The Bertz CT molecular complexity index is 546. The second kappa shape index (κ2) is 8.19. The van der Waals surface area contributed by atoms with E-state index in [0.29, 0.717) is 12.2 Å². The summed E-state index contributed by atoms with van der Waals surface area (Å²) in [6.07, 6.45) is 1.43. The maximum absolute atomic E-state index is 12.6. The van der Waals surface area contributed by atoms with Crippen LogP contribution in [0.5, 0.6) is 5.75 Å². The predicted molar refractivity (Wildman–Crippen MR) is 69.7 cm³/mol. The SMILES string of the molecule is Cc1cc(OCCCS(C)(=O)=O)ccc1[B-](F)(F)F.[K+]. The van der Waals surface area contributed by atoms with Gasteiger partial charge in [-0.3, -0.25) is 0 Å². The Morgan fingerprint density at radius 2 is 1.85 bits per heavy atom. The third-order valence-electron chi connectivity index (χ3n) is 2.52. The molecule has 0 bridgehead atoms. The van der Waals surface area contributed by atoms with Gasteiger partial charge in [0.2, 0.25) is 0 Å². The van der Waals surface area contributed by atoms with Crippen LogP contribution in [0.4, 0.5) is 12.9 Å². The minimum Gasteiger partial charge on any atom is -0.494 e. The molecule has 1 aromatic carbocycles. The first-order chi connectivity index (χ1) is 8.59. The Labute approximate surface area is 159 Å². The molecule has 1 rings (SSSR count). The largest absolute Gasteiger partial charge is 1.00 e. The van der Waals surface area contributed by atoms with Gasteiger partial charge in [-0.25, -0.2) is 8.42 Å². The first kappa shape index (κ1) is 20.5. The molecule has 9 heteroatoms. The molecule has 1 aromatic rings. The van der Waals surface area contributed by atoms with Crippen molar-refractivity contribution >= 4 is 22.3 Å². The molecule has 0 heterocycles. The third kappa shape index (κ3) is 7.46. The van der Waals surface area contributed by atoms with E-state index in [0.717, 1.165) is 12.3 Å². The molecule has 0 aliphatic carbocycles. The maximum atomic E-state index is 12.6. The van der Waals surface area contributed by atoms with Gasteiger partial charge in [0, 0.05) is 6.26 Å². The molecule has 0 N–H and O–H groups in total. The van der Waals surface area contributed by atoms with Gasteiger partial charge in [0.25, 0.3) is 0 Å². The van der Waals surface area contributed by atoms with Crippen molar-refractivity contribution < 1.29 is 77.5 Å². The smallest absolute Gasteiger partial charge is 0.494 e. The van der Waals surface area contributed by atoms with Crippen LogP contribution in [-0.2, 0) is 9.84 Å². The molecule has 0 aliphatic rings. The summed E-state index contributed by atoms with van der Waals surface area (Å²) in [5.74, 6) is 0.310. The molecule has 20 heavy (non-hydrogen) atoms. The Morgan fingerprint density at radius 1 is 1.25 bits per heavy atom. The number of hydrogen-bond donors (Lipinski definition) is 0. The van der Waals surface area contributed by atoms with Gasteiger partial charge in [0.1, 0.15) is 15.6 Å². The first-order valence-corrected chi connectivity index (χ1v) is 7.76. The fourth-order valence-corrected chi connectivity index (χ4v) is 2.26. The average Bonchev–Trinajstić information content (AvgIpc) is 2.21. The van der Waals surface area contributed by atoms with E-state index in [1.807, 2.05) is 0 Å². The van der Waals surface area contributed by atoms with Crippen LogP contribution in [0, 0.1) is 6.92 Å². The normalized spacial score (nSPS) is 11.8. The van der Waals surface area contributed by atoms with Crippen LogP contribution < -0.4 is 61.6 Å². The molecule has 0 atom stereocenters. The van der Waals surface area contributed by atoms with Crippen LogP contribution in [0.1, 0.15) is 12.0 Å². The second-order valence-electron chi connectivity index (χ2n) is 4.43. The van der Waals surface area contributed by atoms with Gasteiger partial charge in [0.15, 0.2) is 0 Å². The van der Waals surface area contributed by atoms with Gasteiger partial charge in [-0.1, -0.05) is 11.6 Å². The van der Waals surface area contributed by atoms with E-state index in [4.69, 9.17) is 4.74 Å². The van der Waals surface area contributed by atoms with Crippen molar-refractivity contribution in [1.29, 1.82) is 0 Å². The summed E-state index contributed by atoms with van der Waals surface area (Å²) >= 11 is 0. The van der Waals surface area contributed by atoms with Crippen LogP contribution >= 0.6 is 0 Å². The fourth-order valence-electron chi connectivity index (χ4n) is 1.62. The number of sulfone groups is 1. The van der Waals surface area contributed by atoms with E-state index >= 15 is 0 Å². The van der Waals surface area contributed by atoms with Crippen molar-refractivity contribution in [2.24, 2.45) is 0 Å². The van der Waals surface area contributed by atoms with Crippen LogP contribution in [0.25, 0.3) is 0 Å². The summed E-state index contributed by atoms with van der Waals surface area (Å²) in [7, 11) is -3.04. The quantitative estimate of drug-likeness (QED) is 0.488. The van der Waals surface area contributed by atoms with E-state index in [-0.39, 0.29) is 69.3 Å². The third-order valence-corrected chi connectivity index (χ3v) is 3.55. The number of hydrogen-bond acceptors (Lipinski definition) is 3. The van der Waals surface area contributed by atoms with Crippen LogP contribution in [0.2, 0.25) is 0 Å². The van der Waals surface area contributed by atoms with E-state index in [9.17, 15) is 21.4 Å². The Kier molecular flexibility index (Phi) is 8.38. The van der Waals surface area contributed by atoms with Crippen molar-refractivity contribution in [1.82, 2.24) is 0 Å². The van der Waals surface area contributed by atoms with Crippen LogP contribution in [0.3, 0.4) is 0 Å². The molecule has 0 aromatic heterocycles. The van der Waals surface area contributed by atoms with E-state index in [1.165, 1.54) is 19.1 Å². The van der Waals surface area contributed by atoms with Gasteiger partial charge in [0.05, 0.1) is 12.4 Å². The van der Waals surface area contributed by atoms with Gasteiger partial charge in [-0.05, 0) is 25.5 Å². The fraction of sp³-hybridized carbons (Fsp3) is 0.455. The number of halogens is 3. The van der Waals surface area contributed by atoms with Crippen molar-refractivity contribution in [3.8, 4) is 5.75 Å². The van der Waals surface area contributed by atoms with Gasteiger partial charge < -0.3 is 17.7 Å². The summed E-state index contributed by atoms with van der Waals surface area (Å²) in [4.78, 5) is 0.